The molecule has 1 aliphatic carbocycles. The van der Waals surface area contributed by atoms with E-state index < -0.39 is 10.0 Å². The van der Waals surface area contributed by atoms with E-state index in [1.165, 1.54) is 12.1 Å². The van der Waals surface area contributed by atoms with E-state index in [1.807, 2.05) is 0 Å². The summed E-state index contributed by atoms with van der Waals surface area (Å²) in [5.74, 6) is -0.000393. The predicted octanol–water partition coefficient (Wildman–Crippen LogP) is 2.56. The fourth-order valence-electron chi connectivity index (χ4n) is 2.64. The number of rotatable bonds is 4. The fraction of sp³-hybridized carbons (Fsp3) is 0.571. The van der Waals surface area contributed by atoms with Crippen molar-refractivity contribution in [2.24, 2.45) is 5.92 Å². The van der Waals surface area contributed by atoms with Gasteiger partial charge < -0.3 is 5.11 Å². The Hall–Kier alpha value is -0.620. The second-order valence-corrected chi connectivity index (χ2v) is 7.41. The molecule has 1 fully saturated rings. The van der Waals surface area contributed by atoms with E-state index in [4.69, 9.17) is 11.6 Å². The van der Waals surface area contributed by atoms with Crippen molar-refractivity contribution in [2.45, 2.75) is 43.0 Å². The number of nitrogens with one attached hydrogen (secondary N) is 1. The van der Waals surface area contributed by atoms with Crippen molar-refractivity contribution < 1.29 is 13.5 Å². The number of halogens is 1. The summed E-state index contributed by atoms with van der Waals surface area (Å²) in [6.07, 6.45) is 4.77. The first kappa shape index (κ1) is 15.8. The molecule has 2 N–H and O–H groups in total. The van der Waals surface area contributed by atoms with Crippen LogP contribution in [0.25, 0.3) is 0 Å². The molecule has 1 saturated carbocycles. The van der Waals surface area contributed by atoms with E-state index in [9.17, 15) is 13.5 Å². The highest BCUT2D eigenvalue weighted by atomic mass is 35.5. The molecule has 0 aliphatic heterocycles. The average molecular weight is 318 g/mol. The van der Waals surface area contributed by atoms with Gasteiger partial charge in [0.15, 0.2) is 0 Å². The van der Waals surface area contributed by atoms with Gasteiger partial charge in [-0.3, -0.25) is 0 Å². The zero-order chi connectivity index (χ0) is 14.6. The van der Waals surface area contributed by atoms with Crippen molar-refractivity contribution in [3.63, 3.8) is 0 Å². The van der Waals surface area contributed by atoms with Crippen LogP contribution in [0.5, 0.6) is 0 Å². The minimum atomic E-state index is -3.56. The maximum atomic E-state index is 12.3. The molecule has 20 heavy (non-hydrogen) atoms. The Labute approximate surface area is 125 Å². The number of aliphatic hydroxyl groups excluding tert-OH is 1. The molecule has 4 nitrogen and oxygen atoms in total. The quantitative estimate of drug-likeness (QED) is 0.839. The summed E-state index contributed by atoms with van der Waals surface area (Å²) in [5.41, 5.74) is 0. The van der Waals surface area contributed by atoms with E-state index in [0.717, 1.165) is 32.1 Å². The lowest BCUT2D eigenvalue weighted by Crippen LogP contribution is -2.41. The number of hydrogen-bond acceptors (Lipinski definition) is 3. The van der Waals surface area contributed by atoms with Crippen LogP contribution in [0.1, 0.15) is 32.1 Å². The van der Waals surface area contributed by atoms with Crippen LogP contribution in [0.3, 0.4) is 0 Å². The average Bonchev–Trinajstić information content (AvgIpc) is 2.63. The van der Waals surface area contributed by atoms with Crippen LogP contribution in [0.4, 0.5) is 0 Å². The van der Waals surface area contributed by atoms with Gasteiger partial charge in [0.1, 0.15) is 0 Å². The summed E-state index contributed by atoms with van der Waals surface area (Å²) >= 11 is 5.77. The predicted molar refractivity (Wildman–Crippen MR) is 79.2 cm³/mol. The van der Waals surface area contributed by atoms with Crippen LogP contribution in [0, 0.1) is 5.92 Å². The Kier molecular flexibility index (Phi) is 5.43. The molecule has 2 rings (SSSR count). The molecule has 0 spiro atoms. The Morgan fingerprint density at radius 1 is 1.15 bits per heavy atom. The molecule has 0 aromatic heterocycles. The Bertz CT molecular complexity index is 530. The van der Waals surface area contributed by atoms with Gasteiger partial charge in [0.05, 0.1) is 4.90 Å². The van der Waals surface area contributed by atoms with E-state index >= 15 is 0 Å². The third kappa shape index (κ3) is 3.95. The number of sulfonamides is 1. The molecule has 6 heteroatoms. The van der Waals surface area contributed by atoms with Crippen LogP contribution < -0.4 is 4.72 Å². The smallest absolute Gasteiger partial charge is 0.240 e. The standard InChI is InChI=1S/C14H20ClNO3S/c15-12-6-8-13(9-7-12)20(18,19)16-14-5-3-1-2-4-11(14)10-17/h6-9,11,14,16-17H,1-5,10H2. The van der Waals surface area contributed by atoms with Gasteiger partial charge in [-0.05, 0) is 43.0 Å². The molecule has 1 aromatic rings. The lowest BCUT2D eigenvalue weighted by molar-refractivity contribution is 0.191. The van der Waals surface area contributed by atoms with E-state index in [2.05, 4.69) is 4.72 Å². The van der Waals surface area contributed by atoms with Crippen LogP contribution in [-0.4, -0.2) is 26.2 Å². The summed E-state index contributed by atoms with van der Waals surface area (Å²) in [4.78, 5) is 0.211. The monoisotopic (exact) mass is 317 g/mol. The van der Waals surface area contributed by atoms with Crippen molar-refractivity contribution in [3.05, 3.63) is 29.3 Å². The Balaban J connectivity index is 2.15. The lowest BCUT2D eigenvalue weighted by atomic mass is 9.97. The first-order chi connectivity index (χ1) is 9.53. The van der Waals surface area contributed by atoms with Crippen molar-refractivity contribution in [2.75, 3.05) is 6.61 Å². The molecule has 0 saturated heterocycles. The molecule has 0 heterocycles. The second-order valence-electron chi connectivity index (χ2n) is 5.26. The Morgan fingerprint density at radius 3 is 2.45 bits per heavy atom. The van der Waals surface area contributed by atoms with E-state index in [1.54, 1.807) is 12.1 Å². The van der Waals surface area contributed by atoms with Gasteiger partial charge in [-0.2, -0.15) is 0 Å². The fourth-order valence-corrected chi connectivity index (χ4v) is 4.10. The van der Waals surface area contributed by atoms with Gasteiger partial charge in [-0.15, -0.1) is 0 Å². The van der Waals surface area contributed by atoms with Gasteiger partial charge in [-0.1, -0.05) is 30.9 Å². The van der Waals surface area contributed by atoms with Gasteiger partial charge in [0, 0.05) is 17.7 Å². The van der Waals surface area contributed by atoms with Gasteiger partial charge in [-0.25, -0.2) is 13.1 Å². The maximum absolute atomic E-state index is 12.3. The summed E-state index contributed by atoms with van der Waals surface area (Å²) in [5, 5.41) is 9.94. The molecular weight excluding hydrogens is 298 g/mol. The van der Waals surface area contributed by atoms with Crippen molar-refractivity contribution in [1.82, 2.24) is 4.72 Å². The summed E-state index contributed by atoms with van der Waals surface area (Å²) in [6, 6.07) is 5.92. The summed E-state index contributed by atoms with van der Waals surface area (Å²) in [6.45, 7) is 0.0216. The number of hydrogen-bond donors (Lipinski definition) is 2. The topological polar surface area (TPSA) is 66.4 Å². The highest BCUT2D eigenvalue weighted by molar-refractivity contribution is 7.89. The number of aliphatic hydroxyl groups is 1. The van der Waals surface area contributed by atoms with Gasteiger partial charge in [0.25, 0.3) is 0 Å². The van der Waals surface area contributed by atoms with E-state index in [0.29, 0.717) is 5.02 Å². The molecule has 2 unspecified atom stereocenters. The van der Waals surface area contributed by atoms with Crippen molar-refractivity contribution in [1.29, 1.82) is 0 Å². The second kappa shape index (κ2) is 6.89. The molecule has 112 valence electrons. The molecule has 0 amide bonds. The molecule has 1 aromatic carbocycles. The van der Waals surface area contributed by atoms with Gasteiger partial charge in [0.2, 0.25) is 10.0 Å². The SMILES string of the molecule is O=S(=O)(NC1CCCCCC1CO)c1ccc(Cl)cc1. The first-order valence-corrected chi connectivity index (χ1v) is 8.78. The lowest BCUT2D eigenvalue weighted by Gasteiger charge is -2.24. The molecular formula is C14H20ClNO3S. The third-order valence-corrected chi connectivity index (χ3v) is 5.58. The normalized spacial score (nSPS) is 24.3. The van der Waals surface area contributed by atoms with Crippen LogP contribution in [-0.2, 0) is 10.0 Å². The van der Waals surface area contributed by atoms with E-state index in [-0.39, 0.29) is 23.5 Å². The van der Waals surface area contributed by atoms with Crippen molar-refractivity contribution >= 4 is 21.6 Å². The van der Waals surface area contributed by atoms with Gasteiger partial charge >= 0.3 is 0 Å². The minimum Gasteiger partial charge on any atom is -0.396 e. The molecule has 1 aliphatic rings. The summed E-state index contributed by atoms with van der Waals surface area (Å²) in [7, 11) is -3.56. The number of benzene rings is 1. The first-order valence-electron chi connectivity index (χ1n) is 6.91. The Morgan fingerprint density at radius 2 is 1.80 bits per heavy atom. The summed E-state index contributed by atoms with van der Waals surface area (Å²) < 4.78 is 27.4. The zero-order valence-corrected chi connectivity index (χ0v) is 12.8. The van der Waals surface area contributed by atoms with Crippen LogP contribution in [0.15, 0.2) is 29.2 Å². The molecule has 0 bridgehead atoms. The maximum Gasteiger partial charge on any atom is 0.240 e. The largest absolute Gasteiger partial charge is 0.396 e. The highest BCUT2D eigenvalue weighted by Gasteiger charge is 2.27. The minimum absolute atomic E-state index is 0.000393. The highest BCUT2D eigenvalue weighted by Crippen LogP contribution is 2.25. The molecule has 2 atom stereocenters. The van der Waals surface area contributed by atoms with Crippen LogP contribution >= 0.6 is 11.6 Å². The third-order valence-electron chi connectivity index (χ3n) is 3.82. The van der Waals surface area contributed by atoms with Crippen molar-refractivity contribution in [3.8, 4) is 0 Å². The zero-order valence-electron chi connectivity index (χ0n) is 11.3. The van der Waals surface area contributed by atoms with Crippen LogP contribution in [0.2, 0.25) is 5.02 Å². The molecule has 0 radical (unpaired) electrons.